The molecule has 1 N–H and O–H groups in total. The molecule has 5 heteroatoms. The zero-order chi connectivity index (χ0) is 19.7. The molecule has 0 fully saturated rings. The van der Waals surface area contributed by atoms with Crippen LogP contribution in [0.15, 0.2) is 59.6 Å². The highest BCUT2D eigenvalue weighted by Crippen LogP contribution is 2.56. The zero-order valence-electron chi connectivity index (χ0n) is 15.9. The maximum absolute atomic E-state index is 10.1. The molecule has 28 heavy (non-hydrogen) atoms. The van der Waals surface area contributed by atoms with Crippen molar-refractivity contribution in [3.63, 3.8) is 0 Å². The van der Waals surface area contributed by atoms with Crippen molar-refractivity contribution in [1.29, 1.82) is 5.26 Å². The van der Waals surface area contributed by atoms with Crippen molar-refractivity contribution in [3.8, 4) is 17.6 Å². The average molecular weight is 369 g/mol. The van der Waals surface area contributed by atoms with Crippen LogP contribution in [0.3, 0.4) is 0 Å². The number of aliphatic imine (C=N–C) groups is 1. The summed E-state index contributed by atoms with van der Waals surface area (Å²) in [5.74, 6) is 0.838. The molecule has 3 aromatic carbocycles. The summed E-state index contributed by atoms with van der Waals surface area (Å²) in [6.07, 6.45) is 0. The van der Waals surface area contributed by atoms with E-state index >= 15 is 0 Å². The first-order chi connectivity index (χ1) is 13.4. The SMILES string of the molecule is CN1c2ccc(O)cc2C(C)(C)C12Oc1ccc3ccccc3c1N=C2C#N. The van der Waals surface area contributed by atoms with Crippen LogP contribution >= 0.6 is 0 Å². The summed E-state index contributed by atoms with van der Waals surface area (Å²) < 4.78 is 6.63. The monoisotopic (exact) mass is 369 g/mol. The molecule has 3 aromatic rings. The van der Waals surface area contributed by atoms with Crippen molar-refractivity contribution < 1.29 is 9.84 Å². The van der Waals surface area contributed by atoms with E-state index in [1.807, 2.05) is 68.3 Å². The normalized spacial score (nSPS) is 21.6. The summed E-state index contributed by atoms with van der Waals surface area (Å²) in [5, 5.41) is 22.1. The third-order valence-corrected chi connectivity index (χ3v) is 6.11. The minimum absolute atomic E-state index is 0.190. The summed E-state index contributed by atoms with van der Waals surface area (Å²) in [6, 6.07) is 19.4. The standard InChI is InChI=1S/C23H19N3O2/c1-22(2)17-12-15(27)9-10-18(17)26(3)23(22)20(13-24)25-21-16-7-5-4-6-14(16)8-11-19(21)28-23/h4-12,27H,1-3H3. The fourth-order valence-corrected chi connectivity index (χ4v) is 4.67. The molecule has 1 unspecified atom stereocenters. The van der Waals surface area contributed by atoms with Crippen LogP contribution in [-0.4, -0.2) is 23.6 Å². The number of phenolic OH excluding ortho intramolecular Hbond substituents is 1. The number of hydrogen-bond acceptors (Lipinski definition) is 5. The van der Waals surface area contributed by atoms with E-state index in [4.69, 9.17) is 9.73 Å². The Morgan fingerprint density at radius 1 is 1.11 bits per heavy atom. The van der Waals surface area contributed by atoms with E-state index in [2.05, 4.69) is 6.07 Å². The molecule has 138 valence electrons. The van der Waals surface area contributed by atoms with E-state index in [9.17, 15) is 10.4 Å². The van der Waals surface area contributed by atoms with Crippen molar-refractivity contribution in [1.82, 2.24) is 0 Å². The third-order valence-electron chi connectivity index (χ3n) is 6.11. The Morgan fingerprint density at radius 2 is 1.89 bits per heavy atom. The number of anilines is 1. The molecule has 0 saturated carbocycles. The van der Waals surface area contributed by atoms with Gasteiger partial charge in [-0.1, -0.05) is 30.3 Å². The highest BCUT2D eigenvalue weighted by Gasteiger charge is 2.63. The smallest absolute Gasteiger partial charge is 0.245 e. The quantitative estimate of drug-likeness (QED) is 0.626. The largest absolute Gasteiger partial charge is 0.508 e. The minimum atomic E-state index is -1.09. The number of hydrogen-bond donors (Lipinski definition) is 1. The topological polar surface area (TPSA) is 68.8 Å². The Labute approximate surface area is 163 Å². The van der Waals surface area contributed by atoms with Crippen LogP contribution in [0.2, 0.25) is 0 Å². The van der Waals surface area contributed by atoms with Crippen LogP contribution < -0.4 is 9.64 Å². The fourth-order valence-electron chi connectivity index (χ4n) is 4.67. The van der Waals surface area contributed by atoms with Gasteiger partial charge in [0.1, 0.15) is 23.3 Å². The van der Waals surface area contributed by atoms with Gasteiger partial charge in [-0.3, -0.25) is 0 Å². The van der Waals surface area contributed by atoms with Gasteiger partial charge in [-0.2, -0.15) is 5.26 Å². The second-order valence-electron chi connectivity index (χ2n) is 7.84. The molecule has 0 amide bonds. The molecular weight excluding hydrogens is 350 g/mol. The molecular formula is C23H19N3O2. The summed E-state index contributed by atoms with van der Waals surface area (Å²) in [5.41, 5.74) is 1.11. The van der Waals surface area contributed by atoms with Crippen LogP contribution in [0.25, 0.3) is 10.8 Å². The van der Waals surface area contributed by atoms with Gasteiger partial charge in [-0.25, -0.2) is 4.99 Å². The van der Waals surface area contributed by atoms with Gasteiger partial charge in [0.05, 0.1) is 5.41 Å². The highest BCUT2D eigenvalue weighted by molar-refractivity contribution is 6.14. The Kier molecular flexibility index (Phi) is 3.13. The Morgan fingerprint density at radius 3 is 2.68 bits per heavy atom. The maximum Gasteiger partial charge on any atom is 0.245 e. The van der Waals surface area contributed by atoms with Crippen molar-refractivity contribution in [2.45, 2.75) is 25.0 Å². The Hall–Kier alpha value is -3.52. The number of rotatable bonds is 0. The molecule has 2 aliphatic rings. The molecule has 5 nitrogen and oxygen atoms in total. The maximum atomic E-state index is 10.1. The van der Waals surface area contributed by atoms with Gasteiger partial charge in [0, 0.05) is 18.1 Å². The molecule has 1 atom stereocenters. The number of ether oxygens (including phenoxy) is 1. The number of nitriles is 1. The van der Waals surface area contributed by atoms with Crippen LogP contribution in [-0.2, 0) is 5.41 Å². The molecule has 2 aliphatic heterocycles. The third kappa shape index (κ3) is 1.82. The molecule has 1 spiro atoms. The highest BCUT2D eigenvalue weighted by atomic mass is 16.5. The first kappa shape index (κ1) is 16.6. The minimum Gasteiger partial charge on any atom is -0.508 e. The second kappa shape index (κ2) is 5.26. The van der Waals surface area contributed by atoms with Gasteiger partial charge in [-0.15, -0.1) is 0 Å². The molecule has 0 radical (unpaired) electrons. The lowest BCUT2D eigenvalue weighted by atomic mass is 9.74. The summed E-state index contributed by atoms with van der Waals surface area (Å²) >= 11 is 0. The van der Waals surface area contributed by atoms with Gasteiger partial charge < -0.3 is 14.7 Å². The number of benzene rings is 3. The lowest BCUT2D eigenvalue weighted by Gasteiger charge is -2.46. The van der Waals surface area contributed by atoms with Crippen molar-refractivity contribution in [2.24, 2.45) is 4.99 Å². The summed E-state index contributed by atoms with van der Waals surface area (Å²) in [4.78, 5) is 6.77. The van der Waals surface area contributed by atoms with Crippen molar-refractivity contribution >= 4 is 27.9 Å². The summed E-state index contributed by atoms with van der Waals surface area (Å²) in [7, 11) is 1.91. The molecule has 2 heterocycles. The van der Waals surface area contributed by atoms with E-state index in [-0.39, 0.29) is 5.75 Å². The van der Waals surface area contributed by atoms with Gasteiger partial charge in [0.25, 0.3) is 0 Å². The van der Waals surface area contributed by atoms with E-state index in [1.54, 1.807) is 12.1 Å². The average Bonchev–Trinajstić information content (AvgIpc) is 2.86. The van der Waals surface area contributed by atoms with Crippen LogP contribution in [0.4, 0.5) is 11.4 Å². The predicted molar refractivity (Wildman–Crippen MR) is 110 cm³/mol. The van der Waals surface area contributed by atoms with Gasteiger partial charge in [0.2, 0.25) is 5.72 Å². The van der Waals surface area contributed by atoms with Gasteiger partial charge in [0.15, 0.2) is 5.71 Å². The van der Waals surface area contributed by atoms with E-state index < -0.39 is 11.1 Å². The molecule has 0 aliphatic carbocycles. The lowest BCUT2D eigenvalue weighted by molar-refractivity contribution is 0.0788. The zero-order valence-corrected chi connectivity index (χ0v) is 15.9. The van der Waals surface area contributed by atoms with E-state index in [1.165, 1.54) is 0 Å². The number of fused-ring (bicyclic) bond motifs is 4. The number of nitrogens with zero attached hydrogens (tertiary/aromatic N) is 3. The number of aromatic hydroxyl groups is 1. The molecule has 0 saturated heterocycles. The predicted octanol–water partition coefficient (Wildman–Crippen LogP) is 4.66. The Bertz CT molecular complexity index is 1220. The summed E-state index contributed by atoms with van der Waals surface area (Å²) in [6.45, 7) is 4.04. The molecule has 0 bridgehead atoms. The second-order valence-corrected chi connectivity index (χ2v) is 7.84. The van der Waals surface area contributed by atoms with Crippen LogP contribution in [0.1, 0.15) is 19.4 Å². The number of likely N-dealkylation sites (N-methyl/N-ethyl adjacent to an activating group) is 1. The molecule has 0 aromatic heterocycles. The van der Waals surface area contributed by atoms with Gasteiger partial charge in [-0.05, 0) is 49.1 Å². The lowest BCUT2D eigenvalue weighted by Crippen LogP contribution is -2.64. The van der Waals surface area contributed by atoms with E-state index in [0.717, 1.165) is 22.0 Å². The molecule has 5 rings (SSSR count). The number of phenols is 1. The van der Waals surface area contributed by atoms with Gasteiger partial charge >= 0.3 is 0 Å². The first-order valence-electron chi connectivity index (χ1n) is 9.17. The van der Waals surface area contributed by atoms with Crippen molar-refractivity contribution in [2.75, 3.05) is 11.9 Å². The van der Waals surface area contributed by atoms with Crippen LogP contribution in [0.5, 0.6) is 11.5 Å². The Balaban J connectivity index is 1.80. The fraction of sp³-hybridized carbons (Fsp3) is 0.217. The van der Waals surface area contributed by atoms with E-state index in [0.29, 0.717) is 17.1 Å². The van der Waals surface area contributed by atoms with Crippen LogP contribution in [0, 0.1) is 11.3 Å². The van der Waals surface area contributed by atoms with Crippen molar-refractivity contribution in [3.05, 3.63) is 60.2 Å². The first-order valence-corrected chi connectivity index (χ1v) is 9.17.